The maximum Gasteiger partial charge on any atom is -0.0209 e. The summed E-state index contributed by atoms with van der Waals surface area (Å²) in [4.78, 5) is 0. The van der Waals surface area contributed by atoms with Crippen molar-refractivity contribution in [2.24, 2.45) is 5.92 Å². The Labute approximate surface area is 125 Å². The van der Waals surface area contributed by atoms with Crippen molar-refractivity contribution in [2.75, 3.05) is 0 Å². The van der Waals surface area contributed by atoms with Gasteiger partial charge >= 0.3 is 0 Å². The lowest BCUT2D eigenvalue weighted by atomic mass is 9.84. The summed E-state index contributed by atoms with van der Waals surface area (Å²) in [6.07, 6.45) is 11.3. The third-order valence-electron chi connectivity index (χ3n) is 3.33. The standard InChI is InChI=1S/C16H20.C2H6.C2H4/c1-4-6-13-9-10-14-8-7-12(3)11-16(14)15(13)5-2;2*1-2/h4,6-10,12H,5,11H2,1-3H3;1-2H3;1-2H2/b6-4-;;/t12-;;/m0../s1. The van der Waals surface area contributed by atoms with Gasteiger partial charge in [-0.2, -0.15) is 0 Å². The summed E-state index contributed by atoms with van der Waals surface area (Å²) in [6, 6.07) is 4.50. The molecule has 1 atom stereocenters. The fraction of sp³-hybridized carbons (Fsp3) is 0.400. The summed E-state index contributed by atoms with van der Waals surface area (Å²) in [5.41, 5.74) is 5.91. The van der Waals surface area contributed by atoms with Gasteiger partial charge in [0.1, 0.15) is 0 Å². The largest absolute Gasteiger partial charge is 0.106 e. The number of hydrogen-bond acceptors (Lipinski definition) is 0. The molecule has 0 amide bonds. The van der Waals surface area contributed by atoms with Gasteiger partial charge in [-0.05, 0) is 47.9 Å². The molecule has 0 nitrogen and oxygen atoms in total. The van der Waals surface area contributed by atoms with Gasteiger partial charge in [-0.15, -0.1) is 13.2 Å². The van der Waals surface area contributed by atoms with Gasteiger partial charge in [-0.25, -0.2) is 0 Å². The van der Waals surface area contributed by atoms with Gasteiger partial charge in [0.25, 0.3) is 0 Å². The maximum atomic E-state index is 3.00. The lowest BCUT2D eigenvalue weighted by Gasteiger charge is -2.20. The van der Waals surface area contributed by atoms with Crippen molar-refractivity contribution in [1.29, 1.82) is 0 Å². The zero-order valence-corrected chi connectivity index (χ0v) is 13.9. The van der Waals surface area contributed by atoms with E-state index in [4.69, 9.17) is 0 Å². The van der Waals surface area contributed by atoms with Crippen LogP contribution in [-0.2, 0) is 12.8 Å². The van der Waals surface area contributed by atoms with Gasteiger partial charge in [0.15, 0.2) is 0 Å². The molecular formula is C20H30. The normalized spacial score (nSPS) is 15.8. The van der Waals surface area contributed by atoms with Gasteiger partial charge in [0, 0.05) is 0 Å². The SMILES string of the molecule is C/C=C\c1ccc2c(c1CC)C[C@@H](C)C=C2.C=C.CC. The predicted molar refractivity (Wildman–Crippen MR) is 95.0 cm³/mol. The van der Waals surface area contributed by atoms with Gasteiger partial charge in [-0.3, -0.25) is 0 Å². The minimum absolute atomic E-state index is 0.679. The Balaban J connectivity index is 0.000000829. The van der Waals surface area contributed by atoms with E-state index < -0.39 is 0 Å². The van der Waals surface area contributed by atoms with E-state index in [1.165, 1.54) is 23.1 Å². The molecular weight excluding hydrogens is 240 g/mol. The zero-order valence-electron chi connectivity index (χ0n) is 13.9. The lowest BCUT2D eigenvalue weighted by molar-refractivity contribution is 0.710. The van der Waals surface area contributed by atoms with E-state index in [2.05, 4.69) is 70.4 Å². The molecule has 0 aromatic heterocycles. The summed E-state index contributed by atoms with van der Waals surface area (Å²) in [6.45, 7) is 16.6. The minimum Gasteiger partial charge on any atom is -0.106 e. The predicted octanol–water partition coefficient (Wildman–Crippen LogP) is 6.32. The molecule has 0 aliphatic heterocycles. The summed E-state index contributed by atoms with van der Waals surface area (Å²) in [7, 11) is 0. The average Bonchev–Trinajstić information content (AvgIpc) is 2.51. The Morgan fingerprint density at radius 3 is 2.45 bits per heavy atom. The number of hydrogen-bond donors (Lipinski definition) is 0. The Morgan fingerprint density at radius 2 is 1.90 bits per heavy atom. The third kappa shape index (κ3) is 4.52. The molecule has 1 aromatic rings. The van der Waals surface area contributed by atoms with Crippen molar-refractivity contribution in [2.45, 2.75) is 47.5 Å². The van der Waals surface area contributed by atoms with Crippen molar-refractivity contribution >= 4 is 12.2 Å². The highest BCUT2D eigenvalue weighted by molar-refractivity contribution is 5.65. The topological polar surface area (TPSA) is 0 Å². The fourth-order valence-electron chi connectivity index (χ4n) is 2.54. The molecule has 0 unspecified atom stereocenters. The maximum absolute atomic E-state index is 3.00. The molecule has 1 aromatic carbocycles. The minimum atomic E-state index is 0.679. The molecule has 0 N–H and O–H groups in total. The van der Waals surface area contributed by atoms with Gasteiger partial charge in [0.05, 0.1) is 0 Å². The molecule has 2 rings (SSSR count). The Morgan fingerprint density at radius 1 is 1.25 bits per heavy atom. The third-order valence-corrected chi connectivity index (χ3v) is 3.33. The quantitative estimate of drug-likeness (QED) is 0.552. The Kier molecular flexibility index (Phi) is 9.45. The summed E-state index contributed by atoms with van der Waals surface area (Å²) >= 11 is 0. The zero-order chi connectivity index (χ0) is 15.5. The number of allylic oxidation sites excluding steroid dienone is 2. The van der Waals surface area contributed by atoms with E-state index in [0.29, 0.717) is 5.92 Å². The van der Waals surface area contributed by atoms with Crippen LogP contribution in [-0.4, -0.2) is 0 Å². The molecule has 0 fully saturated rings. The van der Waals surface area contributed by atoms with E-state index >= 15 is 0 Å². The van der Waals surface area contributed by atoms with Crippen LogP contribution in [0.5, 0.6) is 0 Å². The first-order valence-corrected chi connectivity index (χ1v) is 7.72. The second-order valence-electron chi connectivity index (χ2n) is 4.60. The molecule has 20 heavy (non-hydrogen) atoms. The molecule has 0 spiro atoms. The number of fused-ring (bicyclic) bond motifs is 1. The van der Waals surface area contributed by atoms with Crippen molar-refractivity contribution < 1.29 is 0 Å². The highest BCUT2D eigenvalue weighted by atomic mass is 14.2. The first kappa shape index (κ1) is 18.4. The molecule has 0 heteroatoms. The molecule has 0 bridgehead atoms. The molecule has 110 valence electrons. The van der Waals surface area contributed by atoms with Crippen LogP contribution >= 0.6 is 0 Å². The highest BCUT2D eigenvalue weighted by Crippen LogP contribution is 2.29. The summed E-state index contributed by atoms with van der Waals surface area (Å²) < 4.78 is 0. The lowest BCUT2D eigenvalue weighted by Crippen LogP contribution is -2.07. The van der Waals surface area contributed by atoms with E-state index in [1.54, 1.807) is 5.56 Å². The first-order valence-electron chi connectivity index (χ1n) is 7.72. The van der Waals surface area contributed by atoms with E-state index in [-0.39, 0.29) is 0 Å². The molecule has 0 saturated carbocycles. The van der Waals surface area contributed by atoms with Crippen LogP contribution in [0.4, 0.5) is 0 Å². The van der Waals surface area contributed by atoms with Crippen molar-refractivity contribution in [3.05, 3.63) is 59.7 Å². The van der Waals surface area contributed by atoms with Crippen LogP contribution in [0.2, 0.25) is 0 Å². The Bertz CT molecular complexity index is 449. The van der Waals surface area contributed by atoms with E-state index in [9.17, 15) is 0 Å². The molecule has 0 saturated heterocycles. The first-order chi connectivity index (χ1) is 9.76. The molecule has 0 radical (unpaired) electrons. The summed E-state index contributed by atoms with van der Waals surface area (Å²) in [5.74, 6) is 0.679. The average molecular weight is 270 g/mol. The van der Waals surface area contributed by atoms with Crippen LogP contribution in [0.1, 0.15) is 56.9 Å². The molecule has 1 aliphatic rings. The second-order valence-corrected chi connectivity index (χ2v) is 4.60. The van der Waals surface area contributed by atoms with Gasteiger partial charge in [-0.1, -0.05) is 64.1 Å². The van der Waals surface area contributed by atoms with Crippen molar-refractivity contribution in [3.63, 3.8) is 0 Å². The van der Waals surface area contributed by atoms with Crippen LogP contribution < -0.4 is 0 Å². The summed E-state index contributed by atoms with van der Waals surface area (Å²) in [5, 5.41) is 0. The molecule has 1 aliphatic carbocycles. The van der Waals surface area contributed by atoms with Crippen LogP contribution in [0.3, 0.4) is 0 Å². The van der Waals surface area contributed by atoms with Gasteiger partial charge < -0.3 is 0 Å². The van der Waals surface area contributed by atoms with Crippen LogP contribution in [0, 0.1) is 5.92 Å². The van der Waals surface area contributed by atoms with Crippen molar-refractivity contribution in [3.8, 4) is 0 Å². The second kappa shape index (κ2) is 10.3. The number of benzene rings is 1. The van der Waals surface area contributed by atoms with E-state index in [0.717, 1.165) is 6.42 Å². The van der Waals surface area contributed by atoms with Crippen LogP contribution in [0.25, 0.3) is 12.2 Å². The fourth-order valence-corrected chi connectivity index (χ4v) is 2.54. The monoisotopic (exact) mass is 270 g/mol. The number of rotatable bonds is 2. The van der Waals surface area contributed by atoms with Crippen molar-refractivity contribution in [1.82, 2.24) is 0 Å². The molecule has 0 heterocycles. The highest BCUT2D eigenvalue weighted by Gasteiger charge is 2.14. The smallest absolute Gasteiger partial charge is 0.0209 e. The van der Waals surface area contributed by atoms with E-state index in [1.807, 2.05) is 13.8 Å². The van der Waals surface area contributed by atoms with Crippen LogP contribution in [0.15, 0.2) is 37.4 Å². The Hall–Kier alpha value is -1.56. The van der Waals surface area contributed by atoms with Gasteiger partial charge in [0.2, 0.25) is 0 Å².